The van der Waals surface area contributed by atoms with Gasteiger partial charge in [0.1, 0.15) is 17.0 Å². The van der Waals surface area contributed by atoms with Crippen LogP contribution in [0.25, 0.3) is 11.0 Å². The van der Waals surface area contributed by atoms with E-state index in [1.54, 1.807) is 24.3 Å². The van der Waals surface area contributed by atoms with Crippen molar-refractivity contribution in [2.45, 2.75) is 20.4 Å². The number of rotatable bonds is 4. The molecule has 1 amide bonds. The van der Waals surface area contributed by atoms with E-state index in [1.807, 2.05) is 48.7 Å². The Labute approximate surface area is 175 Å². The number of methoxy groups -OCH3 is 1. The van der Waals surface area contributed by atoms with Crippen molar-refractivity contribution >= 4 is 22.6 Å². The zero-order chi connectivity index (χ0) is 21.3. The summed E-state index contributed by atoms with van der Waals surface area (Å²) in [5, 5.41) is 0.491. The minimum Gasteiger partial charge on any atom is -0.497 e. The lowest BCUT2D eigenvalue weighted by Gasteiger charge is -2.36. The van der Waals surface area contributed by atoms with Gasteiger partial charge in [0.15, 0.2) is 0 Å². The second-order valence-electron chi connectivity index (χ2n) is 7.46. The summed E-state index contributed by atoms with van der Waals surface area (Å²) in [6.07, 6.45) is 1.66. The molecule has 0 radical (unpaired) electrons. The van der Waals surface area contributed by atoms with Crippen LogP contribution in [0.3, 0.4) is 0 Å². The summed E-state index contributed by atoms with van der Waals surface area (Å²) in [6.45, 7) is 7.09. The summed E-state index contributed by atoms with van der Waals surface area (Å²) in [7, 11) is 1.65. The lowest BCUT2D eigenvalue weighted by Crippen LogP contribution is -2.49. The zero-order valence-corrected chi connectivity index (χ0v) is 17.6. The molecule has 156 valence electrons. The molecule has 0 atom stereocenters. The Hall–Kier alpha value is -3.35. The quantitative estimate of drug-likeness (QED) is 0.666. The number of benzene rings is 1. The van der Waals surface area contributed by atoms with Gasteiger partial charge in [0.2, 0.25) is 5.43 Å². The number of aromatic nitrogens is 2. The Balaban J connectivity index is 1.55. The first kappa shape index (κ1) is 19.9. The molecule has 0 unspecified atom stereocenters. The number of carbonyl (C=O) groups is 1. The molecule has 0 spiro atoms. The highest BCUT2D eigenvalue weighted by atomic mass is 16.5. The van der Waals surface area contributed by atoms with E-state index in [-0.39, 0.29) is 16.9 Å². The molecular formula is C23H26N4O3. The predicted molar refractivity (Wildman–Crippen MR) is 118 cm³/mol. The van der Waals surface area contributed by atoms with E-state index in [1.165, 1.54) is 0 Å². The van der Waals surface area contributed by atoms with E-state index in [4.69, 9.17) is 4.74 Å². The maximum absolute atomic E-state index is 13.2. The lowest BCUT2D eigenvalue weighted by atomic mass is 10.1. The van der Waals surface area contributed by atoms with E-state index in [2.05, 4.69) is 9.88 Å². The number of piperazine rings is 1. The molecule has 7 nitrogen and oxygen atoms in total. The van der Waals surface area contributed by atoms with Crippen LogP contribution in [-0.4, -0.2) is 53.6 Å². The summed E-state index contributed by atoms with van der Waals surface area (Å²) < 4.78 is 7.09. The second-order valence-corrected chi connectivity index (χ2v) is 7.46. The molecule has 3 heterocycles. The summed E-state index contributed by atoms with van der Waals surface area (Å²) in [6, 6.07) is 11.5. The van der Waals surface area contributed by atoms with Crippen molar-refractivity contribution in [2.24, 2.45) is 0 Å². The van der Waals surface area contributed by atoms with Gasteiger partial charge in [-0.15, -0.1) is 0 Å². The summed E-state index contributed by atoms with van der Waals surface area (Å²) in [5.74, 6) is 0.611. The monoisotopic (exact) mass is 406 g/mol. The molecule has 1 aliphatic rings. The van der Waals surface area contributed by atoms with Crippen LogP contribution in [0.1, 0.15) is 23.0 Å². The van der Waals surface area contributed by atoms with E-state index >= 15 is 0 Å². The maximum atomic E-state index is 13.2. The molecule has 3 aromatic rings. The van der Waals surface area contributed by atoms with Gasteiger partial charge in [0, 0.05) is 50.3 Å². The number of hydrogen-bond donors (Lipinski definition) is 0. The smallest absolute Gasteiger partial charge is 0.259 e. The van der Waals surface area contributed by atoms with Crippen LogP contribution >= 0.6 is 0 Å². The summed E-state index contributed by atoms with van der Waals surface area (Å²) in [5.41, 5.74) is 2.54. The van der Waals surface area contributed by atoms with Gasteiger partial charge in [-0.2, -0.15) is 0 Å². The van der Waals surface area contributed by atoms with Gasteiger partial charge in [0.05, 0.1) is 12.5 Å². The van der Waals surface area contributed by atoms with Crippen LogP contribution in [0.4, 0.5) is 5.69 Å². The average Bonchev–Trinajstić information content (AvgIpc) is 2.79. The molecule has 1 fully saturated rings. The van der Waals surface area contributed by atoms with Crippen molar-refractivity contribution in [1.82, 2.24) is 14.5 Å². The third-order valence-electron chi connectivity index (χ3n) is 5.64. The number of anilines is 1. The molecule has 1 saturated heterocycles. The van der Waals surface area contributed by atoms with Crippen molar-refractivity contribution in [3.63, 3.8) is 0 Å². The number of carbonyl (C=O) groups excluding carboxylic acids is 1. The molecule has 0 bridgehead atoms. The average molecular weight is 406 g/mol. The SMILES string of the molecule is CCn1cc(C(=O)N2CCN(c3ccc(OC)cc3)CC2)c(=O)c2ccc(C)nc21. The first-order valence-corrected chi connectivity index (χ1v) is 10.2. The number of fused-ring (bicyclic) bond motifs is 1. The highest BCUT2D eigenvalue weighted by molar-refractivity contribution is 5.97. The van der Waals surface area contributed by atoms with E-state index in [9.17, 15) is 9.59 Å². The largest absolute Gasteiger partial charge is 0.497 e. The van der Waals surface area contributed by atoms with Crippen molar-refractivity contribution in [3.8, 4) is 5.75 Å². The third-order valence-corrected chi connectivity index (χ3v) is 5.64. The van der Waals surface area contributed by atoms with Crippen LogP contribution in [0, 0.1) is 6.92 Å². The fraction of sp³-hybridized carbons (Fsp3) is 0.348. The standard InChI is InChI=1S/C23H26N4O3/c1-4-25-15-20(21(28)19-10-5-16(2)24-22(19)25)23(29)27-13-11-26(12-14-27)17-6-8-18(30-3)9-7-17/h5-10,15H,4,11-14H2,1-3H3. The molecule has 7 heteroatoms. The fourth-order valence-corrected chi connectivity index (χ4v) is 3.88. The number of ether oxygens (including phenoxy) is 1. The third kappa shape index (κ3) is 3.63. The number of pyridine rings is 2. The van der Waals surface area contributed by atoms with E-state index in [0.717, 1.165) is 17.1 Å². The highest BCUT2D eigenvalue weighted by Crippen LogP contribution is 2.21. The predicted octanol–water partition coefficient (Wildman–Crippen LogP) is 2.70. The van der Waals surface area contributed by atoms with Crippen LogP contribution in [0.5, 0.6) is 5.75 Å². The number of nitrogens with zero attached hydrogens (tertiary/aromatic N) is 4. The normalized spacial score (nSPS) is 14.2. The molecule has 1 aromatic carbocycles. The highest BCUT2D eigenvalue weighted by Gasteiger charge is 2.25. The van der Waals surface area contributed by atoms with Crippen molar-refractivity contribution in [1.29, 1.82) is 0 Å². The Bertz CT molecular complexity index is 1130. The minimum absolute atomic E-state index is 0.209. The summed E-state index contributed by atoms with van der Waals surface area (Å²) in [4.78, 5) is 34.7. The van der Waals surface area contributed by atoms with Crippen LogP contribution in [-0.2, 0) is 6.54 Å². The van der Waals surface area contributed by atoms with E-state index < -0.39 is 0 Å². The number of hydrogen-bond acceptors (Lipinski definition) is 5. The molecule has 30 heavy (non-hydrogen) atoms. The Morgan fingerprint density at radius 1 is 1.07 bits per heavy atom. The Morgan fingerprint density at radius 3 is 2.40 bits per heavy atom. The molecule has 0 saturated carbocycles. The Morgan fingerprint density at radius 2 is 1.77 bits per heavy atom. The van der Waals surface area contributed by atoms with Gasteiger partial charge < -0.3 is 19.1 Å². The van der Waals surface area contributed by atoms with Crippen LogP contribution < -0.4 is 15.1 Å². The zero-order valence-electron chi connectivity index (χ0n) is 17.6. The number of amides is 1. The van der Waals surface area contributed by atoms with Gasteiger partial charge >= 0.3 is 0 Å². The van der Waals surface area contributed by atoms with Gasteiger partial charge in [-0.05, 0) is 50.2 Å². The van der Waals surface area contributed by atoms with Gasteiger partial charge in [-0.1, -0.05) is 0 Å². The van der Waals surface area contributed by atoms with E-state index in [0.29, 0.717) is 43.8 Å². The summed E-state index contributed by atoms with van der Waals surface area (Å²) >= 11 is 0. The maximum Gasteiger partial charge on any atom is 0.259 e. The minimum atomic E-state index is -0.246. The van der Waals surface area contributed by atoms with Gasteiger partial charge in [-0.3, -0.25) is 9.59 Å². The van der Waals surface area contributed by atoms with Crippen molar-refractivity contribution in [3.05, 3.63) is 64.1 Å². The molecule has 2 aromatic heterocycles. The topological polar surface area (TPSA) is 67.7 Å². The molecule has 0 N–H and O–H groups in total. The molecular weight excluding hydrogens is 380 g/mol. The molecule has 1 aliphatic heterocycles. The first-order valence-electron chi connectivity index (χ1n) is 10.2. The lowest BCUT2D eigenvalue weighted by molar-refractivity contribution is 0.0745. The Kier molecular flexibility index (Phi) is 5.44. The van der Waals surface area contributed by atoms with Gasteiger partial charge in [0.25, 0.3) is 5.91 Å². The second kappa shape index (κ2) is 8.18. The molecule has 0 aliphatic carbocycles. The molecule has 4 rings (SSSR count). The van der Waals surface area contributed by atoms with Crippen molar-refractivity contribution < 1.29 is 9.53 Å². The van der Waals surface area contributed by atoms with Crippen LogP contribution in [0.15, 0.2) is 47.4 Å². The van der Waals surface area contributed by atoms with Gasteiger partial charge in [-0.25, -0.2) is 4.98 Å². The van der Waals surface area contributed by atoms with Crippen molar-refractivity contribution in [2.75, 3.05) is 38.2 Å². The fourth-order valence-electron chi connectivity index (χ4n) is 3.88. The number of aryl methyl sites for hydroxylation is 2. The van der Waals surface area contributed by atoms with Crippen LogP contribution in [0.2, 0.25) is 0 Å². The first-order chi connectivity index (χ1) is 14.5.